The third-order valence-corrected chi connectivity index (χ3v) is 2.79. The minimum atomic E-state index is -0.213. The summed E-state index contributed by atoms with van der Waals surface area (Å²) in [4.78, 5) is 11.6. The molecule has 0 aliphatic carbocycles. The molecule has 1 aromatic heterocycles. The summed E-state index contributed by atoms with van der Waals surface area (Å²) >= 11 is 6.17. The van der Waals surface area contributed by atoms with E-state index < -0.39 is 0 Å². The summed E-state index contributed by atoms with van der Waals surface area (Å²) in [6.07, 6.45) is 1.24. The van der Waals surface area contributed by atoms with Gasteiger partial charge in [-0.1, -0.05) is 36.4 Å². The van der Waals surface area contributed by atoms with Gasteiger partial charge in [0.05, 0.1) is 16.9 Å². The Bertz CT molecular complexity index is 573. The van der Waals surface area contributed by atoms with Crippen LogP contribution in [0.4, 0.5) is 0 Å². The van der Waals surface area contributed by atoms with Crippen molar-refractivity contribution in [2.75, 3.05) is 0 Å². The predicted octanol–water partition coefficient (Wildman–Crippen LogP) is 3.20. The van der Waals surface area contributed by atoms with E-state index in [2.05, 4.69) is 11.7 Å². The number of para-hydroxylation sites is 1. The molecule has 0 fully saturated rings. The second kappa shape index (κ2) is 4.55. The number of aryl methyl sites for hydroxylation is 1. The molecular weight excluding hydrogens is 236 g/mol. The van der Waals surface area contributed by atoms with Gasteiger partial charge in [-0.3, -0.25) is 4.79 Å². The van der Waals surface area contributed by atoms with Gasteiger partial charge in [-0.15, -0.1) is 0 Å². The van der Waals surface area contributed by atoms with Gasteiger partial charge in [0.15, 0.2) is 5.78 Å². The molecule has 0 saturated carbocycles. The van der Waals surface area contributed by atoms with Gasteiger partial charge in [0.2, 0.25) is 0 Å². The van der Waals surface area contributed by atoms with Gasteiger partial charge >= 0.3 is 0 Å². The first-order valence-corrected chi connectivity index (χ1v) is 5.50. The fourth-order valence-corrected chi connectivity index (χ4v) is 1.99. The summed E-state index contributed by atoms with van der Waals surface area (Å²) in [7, 11) is 0. The van der Waals surface area contributed by atoms with E-state index in [1.807, 2.05) is 30.3 Å². The maximum absolute atomic E-state index is 11.6. The number of aromatic nitrogens is 2. The topological polar surface area (TPSA) is 34.9 Å². The molecule has 3 nitrogen and oxygen atoms in total. The fourth-order valence-electron chi connectivity index (χ4n) is 1.62. The highest BCUT2D eigenvalue weighted by Gasteiger charge is 2.18. The van der Waals surface area contributed by atoms with Crippen LogP contribution in [0.15, 0.2) is 43.0 Å². The average molecular weight is 247 g/mol. The van der Waals surface area contributed by atoms with E-state index in [1.165, 1.54) is 6.08 Å². The zero-order chi connectivity index (χ0) is 12.4. The van der Waals surface area contributed by atoms with E-state index in [0.717, 1.165) is 5.69 Å². The van der Waals surface area contributed by atoms with Crippen molar-refractivity contribution >= 4 is 17.4 Å². The third-order valence-electron chi connectivity index (χ3n) is 2.44. The number of benzene rings is 1. The molecule has 0 aliphatic rings. The SMILES string of the molecule is C=CC(=O)c1c(C)nn(-c2ccccc2)c1Cl. The van der Waals surface area contributed by atoms with E-state index >= 15 is 0 Å². The maximum atomic E-state index is 11.6. The summed E-state index contributed by atoms with van der Waals surface area (Å²) in [5, 5.41) is 4.58. The number of ketones is 1. The van der Waals surface area contributed by atoms with Crippen molar-refractivity contribution < 1.29 is 4.79 Å². The van der Waals surface area contributed by atoms with Gasteiger partial charge in [-0.2, -0.15) is 5.10 Å². The maximum Gasteiger partial charge on any atom is 0.190 e. The third kappa shape index (κ3) is 2.01. The lowest BCUT2D eigenvalue weighted by molar-refractivity contribution is 0.104. The number of halogens is 1. The summed E-state index contributed by atoms with van der Waals surface area (Å²) in [6.45, 7) is 5.21. The predicted molar refractivity (Wildman–Crippen MR) is 67.8 cm³/mol. The molecule has 0 unspecified atom stereocenters. The average Bonchev–Trinajstić information content (AvgIpc) is 2.65. The Morgan fingerprint density at radius 3 is 2.65 bits per heavy atom. The van der Waals surface area contributed by atoms with Crippen LogP contribution in [0.2, 0.25) is 5.15 Å². The first-order valence-electron chi connectivity index (χ1n) is 5.12. The van der Waals surface area contributed by atoms with Gasteiger partial charge in [0.25, 0.3) is 0 Å². The van der Waals surface area contributed by atoms with Crippen molar-refractivity contribution in [1.29, 1.82) is 0 Å². The van der Waals surface area contributed by atoms with Gasteiger partial charge in [-0.05, 0) is 25.1 Å². The molecule has 0 radical (unpaired) electrons. The molecule has 17 heavy (non-hydrogen) atoms. The first kappa shape index (κ1) is 11.6. The molecule has 86 valence electrons. The zero-order valence-corrected chi connectivity index (χ0v) is 10.1. The van der Waals surface area contributed by atoms with Crippen LogP contribution in [0.5, 0.6) is 0 Å². The smallest absolute Gasteiger partial charge is 0.190 e. The van der Waals surface area contributed by atoms with Crippen molar-refractivity contribution in [1.82, 2.24) is 9.78 Å². The zero-order valence-electron chi connectivity index (χ0n) is 9.35. The Hall–Kier alpha value is -1.87. The summed E-state index contributed by atoms with van der Waals surface area (Å²) in [6, 6.07) is 9.43. The highest BCUT2D eigenvalue weighted by molar-refractivity contribution is 6.34. The Morgan fingerprint density at radius 1 is 1.41 bits per heavy atom. The Morgan fingerprint density at radius 2 is 2.06 bits per heavy atom. The largest absolute Gasteiger partial charge is 0.289 e. The number of rotatable bonds is 3. The van der Waals surface area contributed by atoms with Crippen LogP contribution in [0.25, 0.3) is 5.69 Å². The van der Waals surface area contributed by atoms with Crippen LogP contribution in [0.3, 0.4) is 0 Å². The lowest BCUT2D eigenvalue weighted by Crippen LogP contribution is -1.97. The van der Waals surface area contributed by atoms with Crippen LogP contribution in [0.1, 0.15) is 16.1 Å². The molecule has 0 aliphatic heterocycles. The van der Waals surface area contributed by atoms with Crippen LogP contribution in [-0.2, 0) is 0 Å². The quantitative estimate of drug-likeness (QED) is 0.616. The van der Waals surface area contributed by atoms with Crippen molar-refractivity contribution in [2.45, 2.75) is 6.92 Å². The van der Waals surface area contributed by atoms with Crippen molar-refractivity contribution in [3.05, 3.63) is 59.4 Å². The molecule has 1 aromatic carbocycles. The Kier molecular flexibility index (Phi) is 3.11. The number of allylic oxidation sites excluding steroid dienone is 1. The highest BCUT2D eigenvalue weighted by atomic mass is 35.5. The first-order chi connectivity index (χ1) is 8.15. The van der Waals surface area contributed by atoms with Gasteiger partial charge in [0.1, 0.15) is 5.15 Å². The van der Waals surface area contributed by atoms with Crippen molar-refractivity contribution in [3.8, 4) is 5.69 Å². The molecule has 0 atom stereocenters. The van der Waals surface area contributed by atoms with Crippen LogP contribution < -0.4 is 0 Å². The summed E-state index contributed by atoms with van der Waals surface area (Å²) in [5.41, 5.74) is 1.83. The molecule has 0 bridgehead atoms. The van der Waals surface area contributed by atoms with E-state index in [9.17, 15) is 4.79 Å². The van der Waals surface area contributed by atoms with E-state index in [1.54, 1.807) is 11.6 Å². The summed E-state index contributed by atoms with van der Waals surface area (Å²) < 4.78 is 1.55. The van der Waals surface area contributed by atoms with Gasteiger partial charge in [-0.25, -0.2) is 4.68 Å². The molecule has 2 aromatic rings. The van der Waals surface area contributed by atoms with E-state index in [-0.39, 0.29) is 5.78 Å². The molecular formula is C13H11ClN2O. The van der Waals surface area contributed by atoms with Crippen LogP contribution >= 0.6 is 11.6 Å². The number of carbonyl (C=O) groups is 1. The Labute approximate surface area is 104 Å². The minimum absolute atomic E-state index is 0.213. The number of carbonyl (C=O) groups excluding carboxylic acids is 1. The van der Waals surface area contributed by atoms with Gasteiger partial charge < -0.3 is 0 Å². The minimum Gasteiger partial charge on any atom is -0.289 e. The standard InChI is InChI=1S/C13H11ClN2O/c1-3-11(17)12-9(2)15-16(13(12)14)10-7-5-4-6-8-10/h3-8H,1H2,2H3. The lowest BCUT2D eigenvalue weighted by atomic mass is 10.2. The second-order valence-electron chi connectivity index (χ2n) is 3.57. The van der Waals surface area contributed by atoms with Crippen LogP contribution in [0, 0.1) is 6.92 Å². The molecule has 4 heteroatoms. The molecule has 1 heterocycles. The van der Waals surface area contributed by atoms with Crippen LogP contribution in [-0.4, -0.2) is 15.6 Å². The molecule has 2 rings (SSSR count). The van der Waals surface area contributed by atoms with Crippen molar-refractivity contribution in [2.24, 2.45) is 0 Å². The molecule has 0 amide bonds. The normalized spacial score (nSPS) is 10.2. The number of hydrogen-bond donors (Lipinski definition) is 0. The highest BCUT2D eigenvalue weighted by Crippen LogP contribution is 2.23. The number of nitrogens with zero attached hydrogens (tertiary/aromatic N) is 2. The van der Waals surface area contributed by atoms with E-state index in [0.29, 0.717) is 16.4 Å². The van der Waals surface area contributed by atoms with Crippen molar-refractivity contribution in [3.63, 3.8) is 0 Å². The lowest BCUT2D eigenvalue weighted by Gasteiger charge is -2.02. The molecule has 0 saturated heterocycles. The summed E-state index contributed by atoms with van der Waals surface area (Å²) in [5.74, 6) is -0.213. The van der Waals surface area contributed by atoms with Gasteiger partial charge in [0, 0.05) is 0 Å². The molecule has 0 N–H and O–H groups in total. The number of hydrogen-bond acceptors (Lipinski definition) is 2. The second-order valence-corrected chi connectivity index (χ2v) is 3.92. The molecule has 0 spiro atoms. The Balaban J connectivity index is 2.59. The van der Waals surface area contributed by atoms with E-state index in [4.69, 9.17) is 11.6 Å². The monoisotopic (exact) mass is 246 g/mol. The fraction of sp³-hybridized carbons (Fsp3) is 0.0769.